The van der Waals surface area contributed by atoms with Gasteiger partial charge in [0.15, 0.2) is 0 Å². The smallest absolute Gasteiger partial charge is 0.242 e. The van der Waals surface area contributed by atoms with Gasteiger partial charge in [0, 0.05) is 42.0 Å². The number of benzene rings is 1. The molecular formula is C17H19FN2OS. The second-order valence-corrected chi connectivity index (χ2v) is 6.72. The number of carbonyl (C=O) groups excluding carboxylic acids is 1. The molecule has 22 heavy (non-hydrogen) atoms. The molecule has 0 unspecified atom stereocenters. The van der Waals surface area contributed by atoms with E-state index in [1.165, 1.54) is 6.07 Å². The average molecular weight is 318 g/mol. The molecular weight excluding hydrogens is 299 g/mol. The van der Waals surface area contributed by atoms with Gasteiger partial charge in [-0.3, -0.25) is 4.79 Å². The first-order valence-corrected chi connectivity index (χ1v) is 8.53. The molecule has 0 N–H and O–H groups in total. The Morgan fingerprint density at radius 3 is 2.73 bits per heavy atom. The highest BCUT2D eigenvalue weighted by molar-refractivity contribution is 7.99. The minimum absolute atomic E-state index is 0.130. The summed E-state index contributed by atoms with van der Waals surface area (Å²) in [5.41, 5.74) is 0.757. The first-order chi connectivity index (χ1) is 10.7. The molecule has 5 heteroatoms. The molecule has 0 spiro atoms. The predicted molar refractivity (Wildman–Crippen MR) is 87.2 cm³/mol. The molecule has 1 aliphatic heterocycles. The fourth-order valence-corrected chi connectivity index (χ4v) is 3.99. The highest BCUT2D eigenvalue weighted by atomic mass is 32.2. The van der Waals surface area contributed by atoms with Crippen LogP contribution < -0.4 is 0 Å². The van der Waals surface area contributed by atoms with Crippen LogP contribution in [0, 0.1) is 5.82 Å². The molecule has 3 rings (SSSR count). The van der Waals surface area contributed by atoms with Crippen LogP contribution in [0.3, 0.4) is 0 Å². The number of hydrogen-bond donors (Lipinski definition) is 0. The summed E-state index contributed by atoms with van der Waals surface area (Å²) < 4.78 is 15.8. The zero-order valence-corrected chi connectivity index (χ0v) is 13.1. The van der Waals surface area contributed by atoms with Gasteiger partial charge < -0.3 is 9.47 Å². The minimum Gasteiger partial charge on any atom is -0.345 e. The Bertz CT molecular complexity index is 629. The number of thioether (sulfide) groups is 1. The Labute approximate surface area is 134 Å². The Balaban J connectivity index is 1.62. The largest absolute Gasteiger partial charge is 0.345 e. The fraction of sp³-hybridized carbons (Fsp3) is 0.353. The van der Waals surface area contributed by atoms with E-state index >= 15 is 0 Å². The maximum atomic E-state index is 13.9. The summed E-state index contributed by atoms with van der Waals surface area (Å²) in [4.78, 5) is 14.2. The maximum absolute atomic E-state index is 13.9. The summed E-state index contributed by atoms with van der Waals surface area (Å²) >= 11 is 1.74. The fourth-order valence-electron chi connectivity index (χ4n) is 2.74. The lowest BCUT2D eigenvalue weighted by molar-refractivity contribution is -0.131. The number of aromatic nitrogens is 1. The summed E-state index contributed by atoms with van der Waals surface area (Å²) in [6.45, 7) is 1.80. The van der Waals surface area contributed by atoms with Crippen molar-refractivity contribution in [2.24, 2.45) is 0 Å². The van der Waals surface area contributed by atoms with Gasteiger partial charge in [-0.15, -0.1) is 0 Å². The molecule has 0 aliphatic carbocycles. The second-order valence-electron chi connectivity index (χ2n) is 5.41. The number of rotatable bonds is 3. The molecule has 0 bridgehead atoms. The number of hydrogen-bond acceptors (Lipinski definition) is 2. The quantitative estimate of drug-likeness (QED) is 0.867. The van der Waals surface area contributed by atoms with E-state index in [1.54, 1.807) is 17.8 Å². The highest BCUT2D eigenvalue weighted by Gasteiger charge is 2.23. The van der Waals surface area contributed by atoms with Crippen molar-refractivity contribution < 1.29 is 9.18 Å². The van der Waals surface area contributed by atoms with Crippen LogP contribution in [0.2, 0.25) is 0 Å². The molecule has 0 saturated carbocycles. The third-order valence-electron chi connectivity index (χ3n) is 3.93. The Morgan fingerprint density at radius 1 is 1.18 bits per heavy atom. The topological polar surface area (TPSA) is 25.2 Å². The van der Waals surface area contributed by atoms with E-state index in [2.05, 4.69) is 0 Å². The van der Waals surface area contributed by atoms with E-state index in [1.807, 2.05) is 46.1 Å². The zero-order valence-electron chi connectivity index (χ0n) is 12.3. The molecule has 2 heterocycles. The Hall–Kier alpha value is -1.75. The molecule has 1 fully saturated rings. The van der Waals surface area contributed by atoms with Gasteiger partial charge in [0.05, 0.1) is 0 Å². The van der Waals surface area contributed by atoms with E-state index in [9.17, 15) is 9.18 Å². The van der Waals surface area contributed by atoms with Crippen LogP contribution in [0.25, 0.3) is 0 Å². The zero-order chi connectivity index (χ0) is 15.4. The van der Waals surface area contributed by atoms with Crippen LogP contribution in [-0.4, -0.2) is 34.2 Å². The summed E-state index contributed by atoms with van der Waals surface area (Å²) in [5, 5.41) is 0.130. The van der Waals surface area contributed by atoms with Crippen molar-refractivity contribution in [1.29, 1.82) is 0 Å². The van der Waals surface area contributed by atoms with E-state index < -0.39 is 0 Å². The van der Waals surface area contributed by atoms with Gasteiger partial charge in [0.2, 0.25) is 5.91 Å². The van der Waals surface area contributed by atoms with Crippen molar-refractivity contribution in [2.45, 2.75) is 18.2 Å². The number of amides is 1. The lowest BCUT2D eigenvalue weighted by atomic mass is 10.1. The van der Waals surface area contributed by atoms with Crippen molar-refractivity contribution in [3.8, 4) is 0 Å². The van der Waals surface area contributed by atoms with Crippen molar-refractivity contribution in [3.05, 3.63) is 60.2 Å². The first-order valence-electron chi connectivity index (χ1n) is 7.48. The van der Waals surface area contributed by atoms with Gasteiger partial charge in [-0.2, -0.15) is 11.8 Å². The van der Waals surface area contributed by atoms with Crippen LogP contribution in [0.1, 0.15) is 17.2 Å². The molecule has 0 radical (unpaired) electrons. The summed E-state index contributed by atoms with van der Waals surface area (Å²) in [6.07, 6.45) is 4.59. The molecule has 1 aromatic carbocycles. The number of nitrogens with zero attached hydrogens (tertiary/aromatic N) is 2. The normalized spacial score (nSPS) is 19.0. The minimum atomic E-state index is -0.146. The maximum Gasteiger partial charge on any atom is 0.242 e. The van der Waals surface area contributed by atoms with Crippen LogP contribution >= 0.6 is 11.8 Å². The Kier molecular flexibility index (Phi) is 4.83. The van der Waals surface area contributed by atoms with E-state index in [4.69, 9.17) is 0 Å². The lowest BCUT2D eigenvalue weighted by Crippen LogP contribution is -2.35. The van der Waals surface area contributed by atoms with Gasteiger partial charge >= 0.3 is 0 Å². The molecule has 1 amide bonds. The summed E-state index contributed by atoms with van der Waals surface area (Å²) in [5.74, 6) is 0.828. The van der Waals surface area contributed by atoms with E-state index in [-0.39, 0.29) is 17.0 Å². The number of halogens is 1. The van der Waals surface area contributed by atoms with Gasteiger partial charge in [0.1, 0.15) is 12.4 Å². The average Bonchev–Trinajstić information content (AvgIpc) is 2.90. The van der Waals surface area contributed by atoms with Crippen LogP contribution in [0.5, 0.6) is 0 Å². The first kappa shape index (κ1) is 15.2. The van der Waals surface area contributed by atoms with E-state index in [0.717, 1.165) is 24.3 Å². The molecule has 3 nitrogen and oxygen atoms in total. The van der Waals surface area contributed by atoms with Crippen LogP contribution in [0.15, 0.2) is 48.8 Å². The SMILES string of the molecule is O=C(Cn1cccc1)N1CCS[C@H](c2ccccc2F)CC1. The number of carbonyl (C=O) groups is 1. The van der Waals surface area contributed by atoms with Crippen LogP contribution in [-0.2, 0) is 11.3 Å². The highest BCUT2D eigenvalue weighted by Crippen LogP contribution is 2.35. The van der Waals surface area contributed by atoms with Gasteiger partial charge in [0.25, 0.3) is 0 Å². The van der Waals surface area contributed by atoms with Crippen molar-refractivity contribution >= 4 is 17.7 Å². The third-order valence-corrected chi connectivity index (χ3v) is 5.24. The summed E-state index contributed by atoms with van der Waals surface area (Å²) in [7, 11) is 0. The van der Waals surface area contributed by atoms with Gasteiger partial charge in [-0.1, -0.05) is 18.2 Å². The molecule has 1 aromatic heterocycles. The standard InChI is InChI=1S/C17H19FN2OS/c18-15-6-2-1-5-14(15)16-7-10-20(11-12-22-16)17(21)13-19-8-3-4-9-19/h1-6,8-9,16H,7,10-13H2/t16-/m0/s1. The van der Waals surface area contributed by atoms with Crippen molar-refractivity contribution in [1.82, 2.24) is 9.47 Å². The lowest BCUT2D eigenvalue weighted by Gasteiger charge is -2.20. The van der Waals surface area contributed by atoms with Crippen LogP contribution in [0.4, 0.5) is 4.39 Å². The van der Waals surface area contributed by atoms with Crippen molar-refractivity contribution in [3.63, 3.8) is 0 Å². The molecule has 1 aliphatic rings. The molecule has 116 valence electrons. The molecule has 1 atom stereocenters. The predicted octanol–water partition coefficient (Wildman–Crippen LogP) is 3.33. The monoisotopic (exact) mass is 318 g/mol. The molecule has 1 saturated heterocycles. The van der Waals surface area contributed by atoms with Crippen molar-refractivity contribution in [2.75, 3.05) is 18.8 Å². The van der Waals surface area contributed by atoms with Gasteiger partial charge in [-0.05, 0) is 24.6 Å². The Morgan fingerprint density at radius 2 is 1.95 bits per heavy atom. The second kappa shape index (κ2) is 7.01. The molecule has 2 aromatic rings. The van der Waals surface area contributed by atoms with E-state index in [0.29, 0.717) is 13.1 Å². The summed E-state index contributed by atoms with van der Waals surface area (Å²) in [6, 6.07) is 10.8. The third kappa shape index (κ3) is 3.53. The van der Waals surface area contributed by atoms with Gasteiger partial charge in [-0.25, -0.2) is 4.39 Å².